The highest BCUT2D eigenvalue weighted by Gasteiger charge is 2.54. The van der Waals surface area contributed by atoms with E-state index in [4.69, 9.17) is 11.6 Å². The number of hydrogen-bond acceptors (Lipinski definition) is 7. The third kappa shape index (κ3) is 5.48. The van der Waals surface area contributed by atoms with Crippen molar-refractivity contribution in [3.05, 3.63) is 75.7 Å². The molecule has 1 fully saturated rings. The molecule has 44 heavy (non-hydrogen) atoms. The van der Waals surface area contributed by atoms with Crippen molar-refractivity contribution in [2.24, 2.45) is 5.41 Å². The third-order valence-corrected chi connectivity index (χ3v) is 8.29. The molecule has 2 heterocycles. The van der Waals surface area contributed by atoms with Crippen LogP contribution in [0.3, 0.4) is 0 Å². The summed E-state index contributed by atoms with van der Waals surface area (Å²) in [5, 5.41) is 34.2. The minimum Gasteiger partial charge on any atom is -0.382 e. The van der Waals surface area contributed by atoms with Gasteiger partial charge in [0, 0.05) is 23.2 Å². The molecule has 14 heteroatoms. The summed E-state index contributed by atoms with van der Waals surface area (Å²) in [5.74, 6) is 0. The van der Waals surface area contributed by atoms with Gasteiger partial charge in [-0.15, -0.1) is 5.10 Å². The summed E-state index contributed by atoms with van der Waals surface area (Å²) in [4.78, 5) is 4.42. The maximum Gasteiger partial charge on any atom is 0.395 e. The van der Waals surface area contributed by atoms with Crippen LogP contribution in [0.2, 0.25) is 5.02 Å². The van der Waals surface area contributed by atoms with E-state index in [2.05, 4.69) is 32.0 Å². The zero-order chi connectivity index (χ0) is 32.0. The van der Waals surface area contributed by atoms with E-state index in [-0.39, 0.29) is 45.7 Å². The fourth-order valence-corrected chi connectivity index (χ4v) is 5.14. The van der Waals surface area contributed by atoms with Gasteiger partial charge in [0.15, 0.2) is 0 Å². The van der Waals surface area contributed by atoms with Gasteiger partial charge in [-0.05, 0) is 62.9 Å². The first-order valence-electron chi connectivity index (χ1n) is 13.5. The van der Waals surface area contributed by atoms with Crippen molar-refractivity contribution in [3.63, 3.8) is 0 Å². The first-order chi connectivity index (χ1) is 20.7. The predicted molar refractivity (Wildman–Crippen MR) is 154 cm³/mol. The fourth-order valence-electron chi connectivity index (χ4n) is 4.92. The van der Waals surface area contributed by atoms with E-state index in [1.807, 2.05) is 6.07 Å². The topological polar surface area (TPSA) is 115 Å². The van der Waals surface area contributed by atoms with Crippen LogP contribution < -0.4 is 10.6 Å². The lowest BCUT2D eigenvalue weighted by Gasteiger charge is -2.29. The standard InChI is InChI=1S/C30H26ClF5N8/c1-16-17(11-37)5-4-6-20(16)26(23-14-44(43-42-23)29(7-8-29)27(32)33)41-22-10-19(31)9-21-24(18(12-38)13-39-25(21)22)40-15-28(2,3)30(34,35)36/h4-6,9-10,13-14,26-27,41H,7-8,15H2,1-3H3,(H,39,40)/t26-/m0/s1. The minimum absolute atomic E-state index is 0.0162. The van der Waals surface area contributed by atoms with E-state index >= 15 is 0 Å². The van der Waals surface area contributed by atoms with E-state index in [1.54, 1.807) is 31.2 Å². The summed E-state index contributed by atoms with van der Waals surface area (Å²) in [6.07, 6.45) is -3.97. The Labute approximate surface area is 254 Å². The molecule has 0 radical (unpaired) electrons. The zero-order valence-electron chi connectivity index (χ0n) is 23.8. The number of fused-ring (bicyclic) bond motifs is 1. The largest absolute Gasteiger partial charge is 0.395 e. The molecule has 0 aliphatic heterocycles. The predicted octanol–water partition coefficient (Wildman–Crippen LogP) is 7.49. The molecule has 0 unspecified atom stereocenters. The molecule has 0 saturated heterocycles. The molecule has 2 aromatic carbocycles. The molecule has 5 rings (SSSR count). The van der Waals surface area contributed by atoms with Crippen molar-refractivity contribution >= 4 is 33.9 Å². The molecular weight excluding hydrogens is 603 g/mol. The highest BCUT2D eigenvalue weighted by molar-refractivity contribution is 6.32. The van der Waals surface area contributed by atoms with E-state index < -0.39 is 36.1 Å². The molecule has 0 spiro atoms. The number of hydrogen-bond donors (Lipinski definition) is 2. The number of anilines is 2. The van der Waals surface area contributed by atoms with Crippen LogP contribution >= 0.6 is 11.6 Å². The Morgan fingerprint density at radius 1 is 1.11 bits per heavy atom. The van der Waals surface area contributed by atoms with Crippen molar-refractivity contribution in [2.75, 3.05) is 17.2 Å². The van der Waals surface area contributed by atoms with Gasteiger partial charge in [-0.2, -0.15) is 23.7 Å². The van der Waals surface area contributed by atoms with Crippen LogP contribution in [0.25, 0.3) is 10.9 Å². The Morgan fingerprint density at radius 2 is 1.82 bits per heavy atom. The number of rotatable bonds is 9. The average molecular weight is 629 g/mol. The van der Waals surface area contributed by atoms with E-state index in [9.17, 15) is 32.5 Å². The van der Waals surface area contributed by atoms with Gasteiger partial charge >= 0.3 is 6.18 Å². The molecule has 1 aliphatic carbocycles. The van der Waals surface area contributed by atoms with Crippen LogP contribution in [0.1, 0.15) is 60.7 Å². The Bertz CT molecular complexity index is 1820. The summed E-state index contributed by atoms with van der Waals surface area (Å²) < 4.78 is 69.8. The maximum absolute atomic E-state index is 13.9. The van der Waals surface area contributed by atoms with E-state index in [0.717, 1.165) is 13.8 Å². The minimum atomic E-state index is -4.51. The van der Waals surface area contributed by atoms with Crippen molar-refractivity contribution in [3.8, 4) is 12.1 Å². The second-order valence-corrected chi connectivity index (χ2v) is 11.9. The lowest BCUT2D eigenvalue weighted by Crippen LogP contribution is -2.38. The van der Waals surface area contributed by atoms with Gasteiger partial charge in [0.25, 0.3) is 6.43 Å². The molecular formula is C30H26ClF5N8. The first-order valence-corrected chi connectivity index (χ1v) is 13.9. The van der Waals surface area contributed by atoms with Crippen LogP contribution in [0, 0.1) is 35.0 Å². The fraction of sp³-hybridized carbons (Fsp3) is 0.367. The summed E-state index contributed by atoms with van der Waals surface area (Å²) in [6.45, 7) is 3.30. The molecule has 1 aliphatic rings. The van der Waals surface area contributed by atoms with Crippen molar-refractivity contribution < 1.29 is 22.0 Å². The van der Waals surface area contributed by atoms with E-state index in [0.29, 0.717) is 22.4 Å². The molecule has 2 aromatic heterocycles. The lowest BCUT2D eigenvalue weighted by molar-refractivity contribution is -0.206. The Hall–Kier alpha value is -4.49. The van der Waals surface area contributed by atoms with Crippen molar-refractivity contribution in [1.82, 2.24) is 20.0 Å². The van der Waals surface area contributed by atoms with Gasteiger partial charge in [-0.3, -0.25) is 4.98 Å². The number of nitrogens with one attached hydrogen (secondary N) is 2. The summed E-state index contributed by atoms with van der Waals surface area (Å²) in [5.41, 5.74) is -0.925. The van der Waals surface area contributed by atoms with E-state index in [1.165, 1.54) is 23.1 Å². The molecule has 8 nitrogen and oxygen atoms in total. The molecule has 1 saturated carbocycles. The smallest absolute Gasteiger partial charge is 0.382 e. The van der Waals surface area contributed by atoms with Gasteiger partial charge in [0.2, 0.25) is 0 Å². The molecule has 1 atom stereocenters. The summed E-state index contributed by atoms with van der Waals surface area (Å²) in [7, 11) is 0. The third-order valence-electron chi connectivity index (χ3n) is 8.07. The summed E-state index contributed by atoms with van der Waals surface area (Å²) in [6, 6.07) is 11.4. The number of nitrogens with zero attached hydrogens (tertiary/aromatic N) is 6. The zero-order valence-corrected chi connectivity index (χ0v) is 24.5. The quantitative estimate of drug-likeness (QED) is 0.185. The van der Waals surface area contributed by atoms with Crippen molar-refractivity contribution in [2.45, 2.75) is 57.8 Å². The molecule has 228 valence electrons. The van der Waals surface area contributed by atoms with Gasteiger partial charge < -0.3 is 10.6 Å². The number of benzene rings is 2. The van der Waals surface area contributed by atoms with Crippen LogP contribution in [0.15, 0.2) is 42.7 Å². The van der Waals surface area contributed by atoms with Crippen LogP contribution in [-0.2, 0) is 5.54 Å². The number of nitriles is 2. The number of aromatic nitrogens is 4. The Balaban J connectivity index is 1.63. The van der Waals surface area contributed by atoms with Crippen LogP contribution in [0.4, 0.5) is 33.3 Å². The van der Waals surface area contributed by atoms with Gasteiger partial charge in [-0.25, -0.2) is 13.5 Å². The Kier molecular flexibility index (Phi) is 7.89. The summed E-state index contributed by atoms with van der Waals surface area (Å²) >= 11 is 6.50. The average Bonchev–Trinajstić information content (AvgIpc) is 3.64. The molecule has 0 bridgehead atoms. The molecule has 2 N–H and O–H groups in total. The van der Waals surface area contributed by atoms with Gasteiger partial charge in [-0.1, -0.05) is 28.9 Å². The molecule has 0 amide bonds. The Morgan fingerprint density at radius 3 is 2.43 bits per heavy atom. The van der Waals surface area contributed by atoms with Crippen LogP contribution in [0.5, 0.6) is 0 Å². The normalized spacial score (nSPS) is 15.1. The molecule has 4 aromatic rings. The lowest BCUT2D eigenvalue weighted by atomic mass is 9.92. The van der Waals surface area contributed by atoms with Gasteiger partial charge in [0.05, 0.1) is 51.7 Å². The number of alkyl halides is 5. The maximum atomic E-state index is 13.9. The number of pyridine rings is 1. The highest BCUT2D eigenvalue weighted by Crippen LogP contribution is 2.48. The second-order valence-electron chi connectivity index (χ2n) is 11.4. The highest BCUT2D eigenvalue weighted by atomic mass is 35.5. The van der Waals surface area contributed by atoms with Crippen LogP contribution in [-0.4, -0.2) is 39.1 Å². The second kappa shape index (κ2) is 11.2. The monoisotopic (exact) mass is 628 g/mol. The number of halogens is 6. The van der Waals surface area contributed by atoms with Gasteiger partial charge in [0.1, 0.15) is 17.3 Å². The van der Waals surface area contributed by atoms with Crippen molar-refractivity contribution in [1.29, 1.82) is 10.5 Å². The first kappa shape index (κ1) is 31.0. The SMILES string of the molecule is Cc1c(C#N)cccc1[C@H](Nc1cc(Cl)cc2c(NCC(C)(C)C(F)(F)F)c(C#N)cnc12)c1cn(C2(C(F)F)CC2)nn1.